The monoisotopic (exact) mass is 408 g/mol. The molecule has 6 nitrogen and oxygen atoms in total. The molecule has 0 bridgehead atoms. The molecule has 30 heavy (non-hydrogen) atoms. The van der Waals surface area contributed by atoms with E-state index in [1.807, 2.05) is 26.0 Å². The third-order valence-electron chi connectivity index (χ3n) is 4.99. The lowest BCUT2D eigenvalue weighted by molar-refractivity contribution is -0.159. The number of ether oxygens (including phenoxy) is 1. The Hall–Kier alpha value is -3.15. The van der Waals surface area contributed by atoms with Crippen molar-refractivity contribution in [1.29, 1.82) is 0 Å². The van der Waals surface area contributed by atoms with Crippen molar-refractivity contribution in [3.8, 4) is 5.69 Å². The van der Waals surface area contributed by atoms with Gasteiger partial charge < -0.3 is 4.74 Å². The molecule has 1 atom stereocenters. The fourth-order valence-electron chi connectivity index (χ4n) is 3.65. The van der Waals surface area contributed by atoms with Crippen LogP contribution in [-0.4, -0.2) is 20.7 Å². The van der Waals surface area contributed by atoms with Crippen LogP contribution in [0.4, 0.5) is 0 Å². The van der Waals surface area contributed by atoms with E-state index in [0.29, 0.717) is 29.4 Å². The highest BCUT2D eigenvalue weighted by molar-refractivity contribution is 5.82. The SMILES string of the molecule is CCc1ccccc1-n1c(=O)c2ccccc2n(C(CC)C(=O)OC(C)(C)C)c1=O. The number of carbonyl (C=O) groups is 1. The molecule has 1 aromatic heterocycles. The second-order valence-electron chi connectivity index (χ2n) is 8.25. The average Bonchev–Trinajstić information content (AvgIpc) is 2.70. The van der Waals surface area contributed by atoms with Gasteiger partial charge in [0.2, 0.25) is 0 Å². The molecular formula is C24H28N2O4. The van der Waals surface area contributed by atoms with Crippen LogP contribution < -0.4 is 11.2 Å². The highest BCUT2D eigenvalue weighted by Crippen LogP contribution is 2.22. The molecule has 0 N–H and O–H groups in total. The van der Waals surface area contributed by atoms with E-state index in [0.717, 1.165) is 5.56 Å². The highest BCUT2D eigenvalue weighted by Gasteiger charge is 2.29. The zero-order valence-corrected chi connectivity index (χ0v) is 18.1. The van der Waals surface area contributed by atoms with Crippen LogP contribution in [0.2, 0.25) is 0 Å². The summed E-state index contributed by atoms with van der Waals surface area (Å²) in [5.74, 6) is -0.494. The fraction of sp³-hybridized carbons (Fsp3) is 0.375. The van der Waals surface area contributed by atoms with Crippen molar-refractivity contribution >= 4 is 16.9 Å². The van der Waals surface area contributed by atoms with E-state index in [1.54, 1.807) is 57.2 Å². The molecule has 0 aliphatic heterocycles. The Morgan fingerprint density at radius 3 is 2.27 bits per heavy atom. The number of hydrogen-bond donors (Lipinski definition) is 0. The van der Waals surface area contributed by atoms with Gasteiger partial charge in [0, 0.05) is 0 Å². The van der Waals surface area contributed by atoms with Crippen LogP contribution in [0.25, 0.3) is 16.6 Å². The smallest absolute Gasteiger partial charge is 0.336 e. The predicted molar refractivity (Wildman–Crippen MR) is 118 cm³/mol. The Labute approximate surface area is 175 Å². The van der Waals surface area contributed by atoms with Crippen LogP contribution in [0.1, 0.15) is 52.6 Å². The van der Waals surface area contributed by atoms with Crippen LogP contribution in [0.5, 0.6) is 0 Å². The molecule has 0 fully saturated rings. The average molecular weight is 408 g/mol. The van der Waals surface area contributed by atoms with Crippen molar-refractivity contribution in [3.05, 3.63) is 74.9 Å². The van der Waals surface area contributed by atoms with E-state index >= 15 is 0 Å². The molecule has 0 radical (unpaired) electrons. The number of esters is 1. The fourth-order valence-corrected chi connectivity index (χ4v) is 3.65. The van der Waals surface area contributed by atoms with Gasteiger partial charge in [-0.05, 0) is 57.4 Å². The third kappa shape index (κ3) is 3.95. The molecule has 0 spiro atoms. The predicted octanol–water partition coefficient (Wildman–Crippen LogP) is 4.01. The molecule has 0 saturated heterocycles. The normalized spacial score (nSPS) is 12.7. The molecule has 6 heteroatoms. The molecule has 3 aromatic rings. The van der Waals surface area contributed by atoms with Crippen LogP contribution >= 0.6 is 0 Å². The van der Waals surface area contributed by atoms with Crippen molar-refractivity contribution in [2.75, 3.05) is 0 Å². The quantitative estimate of drug-likeness (QED) is 0.598. The van der Waals surface area contributed by atoms with Gasteiger partial charge in [0.1, 0.15) is 11.6 Å². The summed E-state index contributed by atoms with van der Waals surface area (Å²) in [5, 5.41) is 0.380. The third-order valence-corrected chi connectivity index (χ3v) is 4.99. The van der Waals surface area contributed by atoms with E-state index in [1.165, 1.54) is 9.13 Å². The molecule has 0 amide bonds. The lowest BCUT2D eigenvalue weighted by Gasteiger charge is -2.26. The van der Waals surface area contributed by atoms with E-state index in [9.17, 15) is 14.4 Å². The summed E-state index contributed by atoms with van der Waals surface area (Å²) < 4.78 is 8.16. The summed E-state index contributed by atoms with van der Waals surface area (Å²) in [4.78, 5) is 39.9. The van der Waals surface area contributed by atoms with Gasteiger partial charge in [0.25, 0.3) is 5.56 Å². The van der Waals surface area contributed by atoms with Crippen LogP contribution in [0, 0.1) is 0 Å². The van der Waals surface area contributed by atoms with Gasteiger partial charge in [-0.3, -0.25) is 9.36 Å². The van der Waals surface area contributed by atoms with Crippen molar-refractivity contribution < 1.29 is 9.53 Å². The zero-order valence-electron chi connectivity index (χ0n) is 18.1. The molecule has 158 valence electrons. The maximum atomic E-state index is 13.7. The first-order valence-electron chi connectivity index (χ1n) is 10.3. The summed E-state index contributed by atoms with van der Waals surface area (Å²) in [6, 6.07) is 13.4. The number of fused-ring (bicyclic) bond motifs is 1. The van der Waals surface area contributed by atoms with Crippen LogP contribution in [-0.2, 0) is 16.0 Å². The molecule has 0 aliphatic carbocycles. The molecule has 2 aromatic carbocycles. The molecule has 1 unspecified atom stereocenters. The van der Waals surface area contributed by atoms with Gasteiger partial charge in [-0.2, -0.15) is 0 Å². The number of hydrogen-bond acceptors (Lipinski definition) is 4. The van der Waals surface area contributed by atoms with Crippen molar-refractivity contribution in [2.24, 2.45) is 0 Å². The first-order valence-corrected chi connectivity index (χ1v) is 10.3. The second-order valence-corrected chi connectivity index (χ2v) is 8.25. The molecule has 0 aliphatic rings. The van der Waals surface area contributed by atoms with E-state index in [2.05, 4.69) is 0 Å². The van der Waals surface area contributed by atoms with E-state index < -0.39 is 28.9 Å². The summed E-state index contributed by atoms with van der Waals surface area (Å²) >= 11 is 0. The summed E-state index contributed by atoms with van der Waals surface area (Å²) in [6.45, 7) is 9.16. The van der Waals surface area contributed by atoms with Gasteiger partial charge in [-0.1, -0.05) is 44.2 Å². The van der Waals surface area contributed by atoms with Crippen LogP contribution in [0.15, 0.2) is 58.1 Å². The number of carbonyl (C=O) groups excluding carboxylic acids is 1. The van der Waals surface area contributed by atoms with Crippen molar-refractivity contribution in [2.45, 2.75) is 59.1 Å². The Bertz CT molecular complexity index is 1200. The molecule has 3 rings (SSSR count). The first kappa shape index (κ1) is 21.6. The van der Waals surface area contributed by atoms with Gasteiger partial charge in [0.05, 0.1) is 16.6 Å². The summed E-state index contributed by atoms with van der Waals surface area (Å²) in [7, 11) is 0. The number of nitrogens with zero attached hydrogens (tertiary/aromatic N) is 2. The van der Waals surface area contributed by atoms with Gasteiger partial charge >= 0.3 is 11.7 Å². The topological polar surface area (TPSA) is 70.3 Å². The lowest BCUT2D eigenvalue weighted by atomic mass is 10.1. The summed E-state index contributed by atoms with van der Waals surface area (Å²) in [6.07, 6.45) is 1.02. The maximum Gasteiger partial charge on any atom is 0.336 e. The Balaban J connectivity index is 2.39. The zero-order chi connectivity index (χ0) is 22.1. The number of aryl methyl sites for hydroxylation is 1. The second kappa shape index (κ2) is 8.30. The lowest BCUT2D eigenvalue weighted by Crippen LogP contribution is -2.43. The summed E-state index contributed by atoms with van der Waals surface area (Å²) in [5.41, 5.74) is 0.213. The van der Waals surface area contributed by atoms with Gasteiger partial charge in [-0.15, -0.1) is 0 Å². The van der Waals surface area contributed by atoms with Gasteiger partial charge in [-0.25, -0.2) is 14.2 Å². The Morgan fingerprint density at radius 1 is 1.00 bits per heavy atom. The van der Waals surface area contributed by atoms with Crippen molar-refractivity contribution in [1.82, 2.24) is 9.13 Å². The maximum absolute atomic E-state index is 13.7. The molecule has 1 heterocycles. The molecular weight excluding hydrogens is 380 g/mol. The standard InChI is InChI=1S/C24H28N2O4/c1-6-16-12-8-10-14-19(16)26-21(27)17-13-9-11-15-20(17)25(23(26)29)18(7-2)22(28)30-24(3,4)5/h8-15,18H,6-7H2,1-5H3. The Morgan fingerprint density at radius 2 is 1.63 bits per heavy atom. The Kier molecular flexibility index (Phi) is 5.97. The van der Waals surface area contributed by atoms with E-state index in [-0.39, 0.29) is 0 Å². The first-order chi connectivity index (χ1) is 14.2. The number of para-hydroxylation sites is 2. The number of benzene rings is 2. The van der Waals surface area contributed by atoms with Gasteiger partial charge in [0.15, 0.2) is 0 Å². The molecule has 0 saturated carbocycles. The minimum absolute atomic E-state index is 0.354. The highest BCUT2D eigenvalue weighted by atomic mass is 16.6. The number of rotatable bonds is 5. The minimum Gasteiger partial charge on any atom is -0.458 e. The van der Waals surface area contributed by atoms with E-state index in [4.69, 9.17) is 4.74 Å². The largest absolute Gasteiger partial charge is 0.458 e. The number of aromatic nitrogens is 2. The van der Waals surface area contributed by atoms with Crippen LogP contribution in [0.3, 0.4) is 0 Å². The van der Waals surface area contributed by atoms with Crippen molar-refractivity contribution in [3.63, 3.8) is 0 Å². The minimum atomic E-state index is -0.845.